The number of nitrogens with one attached hydrogen (secondary N) is 1. The van der Waals surface area contributed by atoms with Crippen molar-refractivity contribution in [2.45, 2.75) is 44.8 Å². The molecular formula is C15H23NO2. The Morgan fingerprint density at radius 2 is 2.00 bits per heavy atom. The minimum Gasteiger partial charge on any atom is -0.508 e. The maximum atomic E-state index is 10.8. The van der Waals surface area contributed by atoms with E-state index in [1.807, 2.05) is 6.92 Å². The second kappa shape index (κ2) is 5.29. The highest BCUT2D eigenvalue weighted by Gasteiger charge is 2.36. The zero-order chi connectivity index (χ0) is 13.2. The van der Waals surface area contributed by atoms with E-state index in [0.29, 0.717) is 5.92 Å². The lowest BCUT2D eigenvalue weighted by atomic mass is 9.79. The molecule has 1 aromatic rings. The number of piperidine rings is 1. The molecule has 1 saturated heterocycles. The van der Waals surface area contributed by atoms with Crippen LogP contribution in [0.15, 0.2) is 24.3 Å². The highest BCUT2D eigenvalue weighted by atomic mass is 16.3. The van der Waals surface area contributed by atoms with Gasteiger partial charge in [-0.15, -0.1) is 0 Å². The molecule has 0 radical (unpaired) electrons. The van der Waals surface area contributed by atoms with E-state index in [2.05, 4.69) is 12.2 Å². The Morgan fingerprint density at radius 3 is 2.61 bits per heavy atom. The number of rotatable bonds is 3. The summed E-state index contributed by atoms with van der Waals surface area (Å²) >= 11 is 0. The first-order chi connectivity index (χ1) is 8.54. The van der Waals surface area contributed by atoms with Gasteiger partial charge in [0, 0.05) is 6.04 Å². The SMILES string of the molecule is CCC1CCNC(C(C)(O)c2ccc(O)cc2)C1. The van der Waals surface area contributed by atoms with E-state index < -0.39 is 5.60 Å². The van der Waals surface area contributed by atoms with Gasteiger partial charge in [0.15, 0.2) is 0 Å². The molecule has 0 aromatic heterocycles. The molecule has 1 heterocycles. The van der Waals surface area contributed by atoms with Crippen LogP contribution in [0, 0.1) is 5.92 Å². The fourth-order valence-corrected chi connectivity index (χ4v) is 2.80. The number of phenolic OH excluding ortho intramolecular Hbond substituents is 1. The summed E-state index contributed by atoms with van der Waals surface area (Å²) in [5.74, 6) is 0.928. The monoisotopic (exact) mass is 249 g/mol. The molecule has 0 bridgehead atoms. The first-order valence-corrected chi connectivity index (χ1v) is 6.79. The Morgan fingerprint density at radius 1 is 1.33 bits per heavy atom. The predicted octanol–water partition coefficient (Wildman–Crippen LogP) is 2.38. The van der Waals surface area contributed by atoms with Crippen LogP contribution in [0.2, 0.25) is 0 Å². The lowest BCUT2D eigenvalue weighted by Gasteiger charge is -2.39. The maximum Gasteiger partial charge on any atom is 0.115 e. The van der Waals surface area contributed by atoms with Gasteiger partial charge in [0.25, 0.3) is 0 Å². The van der Waals surface area contributed by atoms with Crippen LogP contribution in [-0.2, 0) is 5.60 Å². The van der Waals surface area contributed by atoms with Crippen molar-refractivity contribution >= 4 is 0 Å². The average Bonchev–Trinajstić information content (AvgIpc) is 2.39. The van der Waals surface area contributed by atoms with Crippen molar-refractivity contribution < 1.29 is 10.2 Å². The molecule has 100 valence electrons. The van der Waals surface area contributed by atoms with Gasteiger partial charge in [0.2, 0.25) is 0 Å². The largest absolute Gasteiger partial charge is 0.508 e. The molecule has 0 amide bonds. The molecule has 1 aromatic carbocycles. The smallest absolute Gasteiger partial charge is 0.115 e. The summed E-state index contributed by atoms with van der Waals surface area (Å²) in [6.45, 7) is 5.04. The van der Waals surface area contributed by atoms with E-state index in [9.17, 15) is 10.2 Å². The van der Waals surface area contributed by atoms with Crippen LogP contribution in [0.1, 0.15) is 38.7 Å². The molecule has 3 heteroatoms. The van der Waals surface area contributed by atoms with Gasteiger partial charge in [-0.25, -0.2) is 0 Å². The average molecular weight is 249 g/mol. The van der Waals surface area contributed by atoms with Gasteiger partial charge in [0.05, 0.1) is 0 Å². The predicted molar refractivity (Wildman–Crippen MR) is 72.5 cm³/mol. The standard InChI is InChI=1S/C15H23NO2/c1-3-11-8-9-16-14(10-11)15(2,18)12-4-6-13(17)7-5-12/h4-7,11,14,16-18H,3,8-10H2,1-2H3. The highest BCUT2D eigenvalue weighted by molar-refractivity contribution is 5.30. The zero-order valence-corrected chi connectivity index (χ0v) is 11.2. The van der Waals surface area contributed by atoms with Crippen LogP contribution in [-0.4, -0.2) is 22.8 Å². The molecule has 3 unspecified atom stereocenters. The van der Waals surface area contributed by atoms with E-state index in [1.165, 1.54) is 12.8 Å². The summed E-state index contributed by atoms with van der Waals surface area (Å²) in [4.78, 5) is 0. The third-order valence-electron chi connectivity index (χ3n) is 4.22. The molecule has 18 heavy (non-hydrogen) atoms. The van der Waals surface area contributed by atoms with Gasteiger partial charge in [-0.1, -0.05) is 25.5 Å². The Labute approximate surface area is 109 Å². The van der Waals surface area contributed by atoms with E-state index >= 15 is 0 Å². The van der Waals surface area contributed by atoms with Crippen LogP contribution in [0.3, 0.4) is 0 Å². The van der Waals surface area contributed by atoms with E-state index in [0.717, 1.165) is 18.5 Å². The Hall–Kier alpha value is -1.06. The molecule has 1 fully saturated rings. The minimum absolute atomic E-state index is 0.0840. The Balaban J connectivity index is 2.16. The number of aliphatic hydroxyl groups is 1. The summed E-state index contributed by atoms with van der Waals surface area (Å²) in [5, 5.41) is 23.5. The summed E-state index contributed by atoms with van der Waals surface area (Å²) in [6.07, 6.45) is 3.37. The number of phenols is 1. The summed E-state index contributed by atoms with van der Waals surface area (Å²) in [6, 6.07) is 6.94. The second-order valence-corrected chi connectivity index (χ2v) is 5.50. The highest BCUT2D eigenvalue weighted by Crippen LogP contribution is 2.32. The summed E-state index contributed by atoms with van der Waals surface area (Å²) in [5.41, 5.74) is -0.0313. The fraction of sp³-hybridized carbons (Fsp3) is 0.600. The molecule has 0 aliphatic carbocycles. The maximum absolute atomic E-state index is 10.8. The Kier molecular flexibility index (Phi) is 3.93. The quantitative estimate of drug-likeness (QED) is 0.771. The Bertz CT molecular complexity index is 386. The van der Waals surface area contributed by atoms with Crippen molar-refractivity contribution in [3.8, 4) is 5.75 Å². The summed E-state index contributed by atoms with van der Waals surface area (Å²) < 4.78 is 0. The molecule has 1 aliphatic rings. The van der Waals surface area contributed by atoms with Crippen molar-refractivity contribution in [1.29, 1.82) is 0 Å². The summed E-state index contributed by atoms with van der Waals surface area (Å²) in [7, 11) is 0. The lowest BCUT2D eigenvalue weighted by Crippen LogP contribution is -2.51. The van der Waals surface area contributed by atoms with Crippen molar-refractivity contribution in [3.63, 3.8) is 0 Å². The topological polar surface area (TPSA) is 52.5 Å². The van der Waals surface area contributed by atoms with Gasteiger partial charge in [-0.2, -0.15) is 0 Å². The molecular weight excluding hydrogens is 226 g/mol. The van der Waals surface area contributed by atoms with Crippen LogP contribution < -0.4 is 5.32 Å². The van der Waals surface area contributed by atoms with Crippen molar-refractivity contribution in [2.75, 3.05) is 6.54 Å². The van der Waals surface area contributed by atoms with Crippen molar-refractivity contribution in [1.82, 2.24) is 5.32 Å². The van der Waals surface area contributed by atoms with Crippen LogP contribution >= 0.6 is 0 Å². The number of hydrogen-bond donors (Lipinski definition) is 3. The van der Waals surface area contributed by atoms with Gasteiger partial charge >= 0.3 is 0 Å². The first-order valence-electron chi connectivity index (χ1n) is 6.79. The molecule has 0 spiro atoms. The van der Waals surface area contributed by atoms with E-state index in [1.54, 1.807) is 24.3 Å². The molecule has 2 rings (SSSR count). The van der Waals surface area contributed by atoms with Crippen molar-refractivity contribution in [2.24, 2.45) is 5.92 Å². The van der Waals surface area contributed by atoms with Gasteiger partial charge in [0.1, 0.15) is 11.4 Å². The molecule has 3 N–H and O–H groups in total. The van der Waals surface area contributed by atoms with E-state index in [4.69, 9.17) is 0 Å². The van der Waals surface area contributed by atoms with E-state index in [-0.39, 0.29) is 11.8 Å². The second-order valence-electron chi connectivity index (χ2n) is 5.50. The van der Waals surface area contributed by atoms with Gasteiger partial charge < -0.3 is 15.5 Å². The number of aromatic hydroxyl groups is 1. The third kappa shape index (κ3) is 2.68. The third-order valence-corrected chi connectivity index (χ3v) is 4.22. The number of hydrogen-bond acceptors (Lipinski definition) is 3. The molecule has 0 saturated carbocycles. The zero-order valence-electron chi connectivity index (χ0n) is 11.2. The fourth-order valence-electron chi connectivity index (χ4n) is 2.80. The van der Waals surface area contributed by atoms with Crippen molar-refractivity contribution in [3.05, 3.63) is 29.8 Å². The molecule has 1 aliphatic heterocycles. The molecule has 3 nitrogen and oxygen atoms in total. The minimum atomic E-state index is -0.887. The van der Waals surface area contributed by atoms with Crippen LogP contribution in [0.25, 0.3) is 0 Å². The molecule has 3 atom stereocenters. The normalized spacial score (nSPS) is 27.7. The lowest BCUT2D eigenvalue weighted by molar-refractivity contribution is -0.00311. The van der Waals surface area contributed by atoms with Crippen LogP contribution in [0.4, 0.5) is 0 Å². The number of benzene rings is 1. The first kappa shape index (κ1) is 13.4. The van der Waals surface area contributed by atoms with Crippen LogP contribution in [0.5, 0.6) is 5.75 Å². The van der Waals surface area contributed by atoms with Gasteiger partial charge in [-0.3, -0.25) is 0 Å². The van der Waals surface area contributed by atoms with Gasteiger partial charge in [-0.05, 0) is 49.9 Å².